The van der Waals surface area contributed by atoms with Crippen molar-refractivity contribution < 1.29 is 14.3 Å². The normalized spacial score (nSPS) is 16.6. The summed E-state index contributed by atoms with van der Waals surface area (Å²) in [6, 6.07) is 6.87. The highest BCUT2D eigenvalue weighted by molar-refractivity contribution is 7.17. The Morgan fingerprint density at radius 1 is 1.26 bits per heavy atom. The number of nitrogens with one attached hydrogen (secondary N) is 1. The van der Waals surface area contributed by atoms with E-state index in [4.69, 9.17) is 16.3 Å². The molecule has 0 fully saturated rings. The number of ether oxygens (including phenoxy) is 1. The van der Waals surface area contributed by atoms with Crippen LogP contribution in [0.2, 0.25) is 5.02 Å². The second kappa shape index (κ2) is 7.64. The van der Waals surface area contributed by atoms with Crippen molar-refractivity contribution in [2.75, 3.05) is 12.4 Å². The number of hydrogen-bond acceptors (Lipinski definition) is 4. The molecule has 0 bridgehead atoms. The Balaban J connectivity index is 1.96. The largest absolute Gasteiger partial charge is 0.465 e. The van der Waals surface area contributed by atoms with Gasteiger partial charge in [-0.2, -0.15) is 0 Å². The molecule has 0 spiro atoms. The first-order valence-corrected chi connectivity index (χ1v) is 10.2. The van der Waals surface area contributed by atoms with Crippen molar-refractivity contribution in [3.05, 3.63) is 50.9 Å². The maximum Gasteiger partial charge on any atom is 0.341 e. The molecule has 1 aromatic carbocycles. The fourth-order valence-electron chi connectivity index (χ4n) is 3.55. The minimum atomic E-state index is -0.406. The van der Waals surface area contributed by atoms with Crippen molar-refractivity contribution in [3.63, 3.8) is 0 Å². The van der Waals surface area contributed by atoms with E-state index in [2.05, 4.69) is 26.1 Å². The number of carbonyl (C=O) groups is 2. The lowest BCUT2D eigenvalue weighted by Gasteiger charge is -2.33. The molecule has 2 aromatic rings. The first-order chi connectivity index (χ1) is 12.7. The zero-order valence-corrected chi connectivity index (χ0v) is 17.6. The second-order valence-corrected chi connectivity index (χ2v) is 9.45. The van der Waals surface area contributed by atoms with Gasteiger partial charge in [0.15, 0.2) is 0 Å². The molecule has 1 amide bonds. The molecule has 1 heterocycles. The molecule has 1 aromatic heterocycles. The molecule has 1 unspecified atom stereocenters. The number of anilines is 1. The number of hydrogen-bond donors (Lipinski definition) is 1. The fraction of sp³-hybridized carbons (Fsp3) is 0.429. The number of benzene rings is 1. The average molecular weight is 406 g/mol. The molecule has 1 N–H and O–H groups in total. The van der Waals surface area contributed by atoms with Gasteiger partial charge in [0.25, 0.3) is 5.91 Å². The number of esters is 1. The van der Waals surface area contributed by atoms with Gasteiger partial charge in [0.2, 0.25) is 0 Å². The van der Waals surface area contributed by atoms with Crippen molar-refractivity contribution in [2.24, 2.45) is 11.3 Å². The maximum absolute atomic E-state index is 12.7. The van der Waals surface area contributed by atoms with Gasteiger partial charge in [-0.15, -0.1) is 11.3 Å². The Kier molecular flexibility index (Phi) is 5.63. The Labute approximate surface area is 168 Å². The maximum atomic E-state index is 12.7. The summed E-state index contributed by atoms with van der Waals surface area (Å²) in [5.41, 5.74) is 2.09. The zero-order valence-electron chi connectivity index (χ0n) is 16.0. The molecular formula is C21H24ClNO3S. The number of fused-ring (bicyclic) bond motifs is 1. The molecule has 0 saturated heterocycles. The highest BCUT2D eigenvalue weighted by atomic mass is 35.5. The summed E-state index contributed by atoms with van der Waals surface area (Å²) in [5, 5.41) is 3.81. The van der Waals surface area contributed by atoms with Gasteiger partial charge in [0, 0.05) is 4.88 Å². The van der Waals surface area contributed by atoms with Crippen LogP contribution in [0.1, 0.15) is 58.3 Å². The Bertz CT molecular complexity index is 882. The second-order valence-electron chi connectivity index (χ2n) is 7.94. The molecule has 3 rings (SSSR count). The van der Waals surface area contributed by atoms with Crippen molar-refractivity contribution >= 4 is 39.8 Å². The SMILES string of the molecule is COC(=O)c1c(NC(=O)c2ccccc2Cl)sc2c1CCC(C(C)(C)C)C2. The van der Waals surface area contributed by atoms with Gasteiger partial charge in [-0.1, -0.05) is 44.5 Å². The standard InChI is InChI=1S/C21H24ClNO3S/c1-21(2,3)12-9-10-14-16(11-12)27-19(17(14)20(25)26-4)23-18(24)13-7-5-6-8-15(13)22/h5-8,12H,9-11H2,1-4H3,(H,23,24). The molecule has 0 radical (unpaired) electrons. The Morgan fingerprint density at radius 3 is 2.59 bits per heavy atom. The van der Waals surface area contributed by atoms with Gasteiger partial charge in [-0.3, -0.25) is 4.79 Å². The summed E-state index contributed by atoms with van der Waals surface area (Å²) in [7, 11) is 1.37. The third kappa shape index (κ3) is 4.04. The fourth-order valence-corrected chi connectivity index (χ4v) is 5.08. The summed E-state index contributed by atoms with van der Waals surface area (Å²) in [4.78, 5) is 26.3. The van der Waals surface area contributed by atoms with E-state index in [9.17, 15) is 9.59 Å². The van der Waals surface area contributed by atoms with Gasteiger partial charge < -0.3 is 10.1 Å². The Morgan fingerprint density at radius 2 is 1.96 bits per heavy atom. The van der Waals surface area contributed by atoms with Crippen LogP contribution in [0, 0.1) is 11.3 Å². The van der Waals surface area contributed by atoms with Crippen LogP contribution < -0.4 is 5.32 Å². The molecule has 144 valence electrons. The van der Waals surface area contributed by atoms with E-state index >= 15 is 0 Å². The first kappa shape index (κ1) is 19.9. The quantitative estimate of drug-likeness (QED) is 0.677. The van der Waals surface area contributed by atoms with Crippen LogP contribution in [0.4, 0.5) is 5.00 Å². The lowest BCUT2D eigenvalue weighted by molar-refractivity contribution is 0.0600. The number of rotatable bonds is 3. The first-order valence-electron chi connectivity index (χ1n) is 9.01. The number of halogens is 1. The van der Waals surface area contributed by atoms with Crippen LogP contribution in [-0.2, 0) is 17.6 Å². The molecule has 1 atom stereocenters. The molecular weight excluding hydrogens is 382 g/mol. The van der Waals surface area contributed by atoms with Crippen LogP contribution in [0.25, 0.3) is 0 Å². The summed E-state index contributed by atoms with van der Waals surface area (Å²) in [6.45, 7) is 6.74. The van der Waals surface area contributed by atoms with Crippen LogP contribution in [0.3, 0.4) is 0 Å². The molecule has 1 aliphatic carbocycles. The highest BCUT2D eigenvalue weighted by Gasteiger charge is 2.34. The molecule has 0 saturated carbocycles. The topological polar surface area (TPSA) is 55.4 Å². The molecule has 0 aliphatic heterocycles. The molecule has 1 aliphatic rings. The van der Waals surface area contributed by atoms with E-state index in [1.165, 1.54) is 18.4 Å². The Hall–Kier alpha value is -1.85. The minimum Gasteiger partial charge on any atom is -0.465 e. The van der Waals surface area contributed by atoms with Gasteiger partial charge in [0.1, 0.15) is 5.00 Å². The van der Waals surface area contributed by atoms with Crippen molar-refractivity contribution in [2.45, 2.75) is 40.0 Å². The van der Waals surface area contributed by atoms with Gasteiger partial charge >= 0.3 is 5.97 Å². The monoisotopic (exact) mass is 405 g/mol. The van der Waals surface area contributed by atoms with E-state index < -0.39 is 5.97 Å². The highest BCUT2D eigenvalue weighted by Crippen LogP contribution is 2.44. The van der Waals surface area contributed by atoms with E-state index in [0.29, 0.717) is 27.1 Å². The molecule has 4 nitrogen and oxygen atoms in total. The predicted octanol–water partition coefficient (Wildman–Crippen LogP) is 5.59. The van der Waals surface area contributed by atoms with Crippen LogP contribution in [0.15, 0.2) is 24.3 Å². The summed E-state index contributed by atoms with van der Waals surface area (Å²) in [6.07, 6.45) is 2.75. The third-order valence-electron chi connectivity index (χ3n) is 5.23. The van der Waals surface area contributed by atoms with E-state index in [1.54, 1.807) is 24.3 Å². The third-order valence-corrected chi connectivity index (χ3v) is 6.72. The van der Waals surface area contributed by atoms with Crippen LogP contribution in [-0.4, -0.2) is 19.0 Å². The van der Waals surface area contributed by atoms with Gasteiger partial charge in [-0.05, 0) is 48.3 Å². The van der Waals surface area contributed by atoms with Crippen molar-refractivity contribution in [3.8, 4) is 0 Å². The van der Waals surface area contributed by atoms with Crippen LogP contribution >= 0.6 is 22.9 Å². The van der Waals surface area contributed by atoms with Gasteiger partial charge in [-0.25, -0.2) is 4.79 Å². The van der Waals surface area contributed by atoms with Crippen molar-refractivity contribution in [1.82, 2.24) is 0 Å². The summed E-state index contributed by atoms with van der Waals surface area (Å²) in [5.74, 6) is -0.186. The smallest absolute Gasteiger partial charge is 0.341 e. The zero-order chi connectivity index (χ0) is 19.8. The number of methoxy groups -OCH3 is 1. The predicted molar refractivity (Wildman–Crippen MR) is 110 cm³/mol. The van der Waals surface area contributed by atoms with E-state index in [1.807, 2.05) is 0 Å². The lowest BCUT2D eigenvalue weighted by Crippen LogP contribution is -2.26. The molecule has 6 heteroatoms. The summed E-state index contributed by atoms with van der Waals surface area (Å²) < 4.78 is 5.00. The van der Waals surface area contributed by atoms with Crippen molar-refractivity contribution in [1.29, 1.82) is 0 Å². The summed E-state index contributed by atoms with van der Waals surface area (Å²) >= 11 is 7.61. The van der Waals surface area contributed by atoms with Crippen LogP contribution in [0.5, 0.6) is 0 Å². The minimum absolute atomic E-state index is 0.202. The lowest BCUT2D eigenvalue weighted by atomic mass is 9.72. The van der Waals surface area contributed by atoms with E-state index in [0.717, 1.165) is 29.7 Å². The number of carbonyl (C=O) groups excluding carboxylic acids is 2. The molecule has 27 heavy (non-hydrogen) atoms. The number of amides is 1. The van der Waals surface area contributed by atoms with Gasteiger partial charge in [0.05, 0.1) is 23.3 Å². The van der Waals surface area contributed by atoms with E-state index in [-0.39, 0.29) is 11.3 Å². The number of thiophene rings is 1. The average Bonchev–Trinajstić information content (AvgIpc) is 2.97.